The Morgan fingerprint density at radius 1 is 1.28 bits per heavy atom. The first-order chi connectivity index (χ1) is 15.0. The minimum Gasteiger partial charge on any atom is -0.475 e. The lowest BCUT2D eigenvalue weighted by molar-refractivity contribution is -0.192. The van der Waals surface area contributed by atoms with Crippen LogP contribution in [0.15, 0.2) is 44.1 Å². The van der Waals surface area contributed by atoms with Crippen LogP contribution in [0, 0.1) is 6.92 Å². The first-order valence-corrected chi connectivity index (χ1v) is 9.65. The summed E-state index contributed by atoms with van der Waals surface area (Å²) in [5, 5.41) is 22.3. The summed E-state index contributed by atoms with van der Waals surface area (Å²) in [5.74, 6) is -2.01. The van der Waals surface area contributed by atoms with Crippen LogP contribution in [0.3, 0.4) is 0 Å². The van der Waals surface area contributed by atoms with Crippen molar-refractivity contribution in [2.24, 2.45) is 0 Å². The minimum absolute atomic E-state index is 0.105. The lowest BCUT2D eigenvalue weighted by Crippen LogP contribution is -2.42. The van der Waals surface area contributed by atoms with Crippen molar-refractivity contribution in [3.63, 3.8) is 0 Å². The maximum atomic E-state index is 13.2. The Morgan fingerprint density at radius 3 is 2.50 bits per heavy atom. The number of rotatable bonds is 2. The number of carboxylic acid groups (broad SMARTS) is 1. The molecule has 11 heteroatoms. The van der Waals surface area contributed by atoms with Gasteiger partial charge in [-0.1, -0.05) is 17.3 Å². The van der Waals surface area contributed by atoms with Gasteiger partial charge in [0.25, 0.3) is 0 Å². The van der Waals surface area contributed by atoms with Crippen molar-refractivity contribution in [3.8, 4) is 11.5 Å². The highest BCUT2D eigenvalue weighted by molar-refractivity contribution is 5.80. The fourth-order valence-corrected chi connectivity index (χ4v) is 3.58. The third-order valence-electron chi connectivity index (χ3n) is 5.09. The fraction of sp³-hybridized carbons (Fsp3) is 0.381. The van der Waals surface area contributed by atoms with Crippen LogP contribution in [-0.4, -0.2) is 58.7 Å². The standard InChI is InChI=1S/C19H20N2O4.C2HF3O2/c1-11-9-14(20-25-11)19-17(12-7-8-21(2)10-15(12)22)18(23)13-5-3-4-6-16(13)24-19;3-2(4,5)1(6)7/h3-6,9,12,15,22H,7-8,10H2,1-2H3;(H,6,7)/t12-,15+;/m0./s1. The van der Waals surface area contributed by atoms with Crippen LogP contribution in [0.2, 0.25) is 0 Å². The van der Waals surface area contributed by atoms with E-state index in [2.05, 4.69) is 10.1 Å². The van der Waals surface area contributed by atoms with Crippen LogP contribution < -0.4 is 5.43 Å². The predicted octanol–water partition coefficient (Wildman–Crippen LogP) is 3.17. The summed E-state index contributed by atoms with van der Waals surface area (Å²) >= 11 is 0. The Kier molecular flexibility index (Phi) is 6.70. The van der Waals surface area contributed by atoms with Gasteiger partial charge in [0, 0.05) is 18.5 Å². The van der Waals surface area contributed by atoms with Gasteiger partial charge in [-0.3, -0.25) is 4.79 Å². The first-order valence-electron chi connectivity index (χ1n) is 9.65. The summed E-state index contributed by atoms with van der Waals surface area (Å²) in [6.07, 6.45) is -5.03. The summed E-state index contributed by atoms with van der Waals surface area (Å²) in [5.41, 5.74) is 1.38. The zero-order chi connectivity index (χ0) is 23.6. The first kappa shape index (κ1) is 23.5. The van der Waals surface area contributed by atoms with Crippen molar-refractivity contribution in [1.82, 2.24) is 10.1 Å². The molecule has 0 aliphatic carbocycles. The number of aryl methyl sites for hydroxylation is 1. The number of β-amino-alcohol motifs (C(OH)–C–C–N with tert-alkyl or cyclic N) is 1. The molecule has 0 bridgehead atoms. The number of aliphatic carboxylic acids is 1. The van der Waals surface area contributed by atoms with E-state index in [0.717, 1.165) is 6.54 Å². The highest BCUT2D eigenvalue weighted by Crippen LogP contribution is 2.35. The van der Waals surface area contributed by atoms with Gasteiger partial charge in [-0.15, -0.1) is 0 Å². The van der Waals surface area contributed by atoms with Gasteiger partial charge in [0.1, 0.15) is 17.0 Å². The average Bonchev–Trinajstić information content (AvgIpc) is 3.15. The molecule has 1 aromatic carbocycles. The van der Waals surface area contributed by atoms with Gasteiger partial charge in [0.2, 0.25) is 0 Å². The molecule has 2 N–H and O–H groups in total. The number of likely N-dealkylation sites (tertiary alicyclic amines) is 1. The monoisotopic (exact) mass is 454 g/mol. The van der Waals surface area contributed by atoms with E-state index in [1.54, 1.807) is 25.1 Å². The van der Waals surface area contributed by atoms with E-state index in [9.17, 15) is 23.1 Å². The number of carbonyl (C=O) groups is 1. The van der Waals surface area contributed by atoms with Crippen LogP contribution in [0.5, 0.6) is 0 Å². The molecule has 0 radical (unpaired) electrons. The van der Waals surface area contributed by atoms with Crippen molar-refractivity contribution in [3.05, 3.63) is 51.9 Å². The Balaban J connectivity index is 0.000000360. The van der Waals surface area contributed by atoms with E-state index in [0.29, 0.717) is 46.7 Å². The molecule has 3 heterocycles. The zero-order valence-corrected chi connectivity index (χ0v) is 17.2. The number of aromatic nitrogens is 1. The summed E-state index contributed by atoms with van der Waals surface area (Å²) in [4.78, 5) is 24.2. The predicted molar refractivity (Wildman–Crippen MR) is 107 cm³/mol. The number of carboxylic acids is 1. The van der Waals surface area contributed by atoms with Crippen molar-refractivity contribution >= 4 is 16.9 Å². The summed E-state index contributed by atoms with van der Waals surface area (Å²) < 4.78 is 43.0. The van der Waals surface area contributed by atoms with E-state index in [1.165, 1.54) is 0 Å². The molecule has 4 rings (SSSR count). The molecular formula is C21H21F3N2O6. The third kappa shape index (κ3) is 5.00. The Hall–Kier alpha value is -3.18. The Bertz CT molecular complexity index is 1170. The molecule has 1 aliphatic heterocycles. The number of piperidine rings is 1. The van der Waals surface area contributed by atoms with Gasteiger partial charge in [-0.25, -0.2) is 4.79 Å². The van der Waals surface area contributed by atoms with Crippen molar-refractivity contribution in [1.29, 1.82) is 0 Å². The number of hydrogen-bond acceptors (Lipinski definition) is 7. The number of fused-ring (bicyclic) bond motifs is 1. The fourth-order valence-electron chi connectivity index (χ4n) is 3.58. The maximum absolute atomic E-state index is 13.2. The normalized spacial score (nSPS) is 19.4. The van der Waals surface area contributed by atoms with E-state index in [4.69, 9.17) is 18.8 Å². The van der Waals surface area contributed by atoms with Gasteiger partial charge in [-0.2, -0.15) is 13.2 Å². The van der Waals surface area contributed by atoms with Gasteiger partial charge < -0.3 is 24.1 Å². The van der Waals surface area contributed by atoms with E-state index in [1.807, 2.05) is 19.2 Å². The quantitative estimate of drug-likeness (QED) is 0.607. The molecule has 0 spiro atoms. The molecule has 0 amide bonds. The number of aliphatic hydroxyl groups is 1. The van der Waals surface area contributed by atoms with Crippen LogP contribution in [0.1, 0.15) is 23.7 Å². The molecule has 0 saturated carbocycles. The number of likely N-dealkylation sites (N-methyl/N-ethyl adjacent to an activating group) is 1. The second-order valence-electron chi connectivity index (χ2n) is 7.52. The van der Waals surface area contributed by atoms with Crippen LogP contribution in [0.4, 0.5) is 13.2 Å². The molecule has 1 fully saturated rings. The number of nitrogens with zero attached hydrogens (tertiary/aromatic N) is 2. The molecule has 2 aromatic heterocycles. The molecule has 172 valence electrons. The number of halogens is 3. The molecule has 2 atom stereocenters. The summed E-state index contributed by atoms with van der Waals surface area (Å²) in [6.45, 7) is 3.12. The molecule has 0 unspecified atom stereocenters. The molecular weight excluding hydrogens is 433 g/mol. The second-order valence-corrected chi connectivity index (χ2v) is 7.52. The van der Waals surface area contributed by atoms with E-state index >= 15 is 0 Å². The number of alkyl halides is 3. The maximum Gasteiger partial charge on any atom is 0.490 e. The number of aliphatic hydroxyl groups excluding tert-OH is 1. The summed E-state index contributed by atoms with van der Waals surface area (Å²) in [7, 11) is 1.96. The zero-order valence-electron chi connectivity index (χ0n) is 17.2. The van der Waals surface area contributed by atoms with Gasteiger partial charge >= 0.3 is 12.1 Å². The third-order valence-corrected chi connectivity index (χ3v) is 5.09. The molecule has 3 aromatic rings. The topological polar surface area (TPSA) is 117 Å². The highest BCUT2D eigenvalue weighted by Gasteiger charge is 2.38. The lowest BCUT2D eigenvalue weighted by atomic mass is 9.85. The largest absolute Gasteiger partial charge is 0.490 e. The molecule has 8 nitrogen and oxygen atoms in total. The smallest absolute Gasteiger partial charge is 0.475 e. The van der Waals surface area contributed by atoms with Crippen LogP contribution >= 0.6 is 0 Å². The lowest BCUT2D eigenvalue weighted by Gasteiger charge is -2.33. The Morgan fingerprint density at radius 2 is 1.94 bits per heavy atom. The van der Waals surface area contributed by atoms with Gasteiger partial charge in [0.05, 0.1) is 17.1 Å². The van der Waals surface area contributed by atoms with Crippen molar-refractivity contribution < 1.29 is 37.1 Å². The molecule has 32 heavy (non-hydrogen) atoms. The second kappa shape index (κ2) is 9.13. The average molecular weight is 454 g/mol. The minimum atomic E-state index is -5.08. The van der Waals surface area contributed by atoms with Crippen molar-refractivity contribution in [2.45, 2.75) is 31.5 Å². The molecule has 1 saturated heterocycles. The van der Waals surface area contributed by atoms with E-state index < -0.39 is 18.2 Å². The van der Waals surface area contributed by atoms with Crippen molar-refractivity contribution in [2.75, 3.05) is 20.1 Å². The van der Waals surface area contributed by atoms with E-state index in [-0.39, 0.29) is 11.3 Å². The van der Waals surface area contributed by atoms with Gasteiger partial charge in [0.15, 0.2) is 11.2 Å². The number of hydrogen-bond donors (Lipinski definition) is 2. The molecule has 1 aliphatic rings. The Labute approximate surface area is 179 Å². The SMILES string of the molecule is Cc1cc(-c2oc3ccccc3c(=O)c2[C@H]2CCN(C)C[C@H]2O)no1.O=C(O)C(F)(F)F. The van der Waals surface area contributed by atoms with Gasteiger partial charge in [-0.05, 0) is 39.1 Å². The van der Waals surface area contributed by atoms with Crippen LogP contribution in [-0.2, 0) is 4.79 Å². The number of para-hydroxylation sites is 1. The van der Waals surface area contributed by atoms with Crippen LogP contribution in [0.25, 0.3) is 22.4 Å². The summed E-state index contributed by atoms with van der Waals surface area (Å²) in [6, 6.07) is 8.91. The highest BCUT2D eigenvalue weighted by atomic mass is 19.4. The number of benzene rings is 1.